The first-order chi connectivity index (χ1) is 13.0. The summed E-state index contributed by atoms with van der Waals surface area (Å²) in [5, 5.41) is 8.23. The van der Waals surface area contributed by atoms with E-state index in [2.05, 4.69) is 16.0 Å². The molecule has 3 N–H and O–H groups in total. The number of carbonyl (C=O) groups is 3. The topological polar surface area (TPSA) is 93.8 Å². The highest BCUT2D eigenvalue weighted by Crippen LogP contribution is 2.06. The van der Waals surface area contributed by atoms with Crippen LogP contribution >= 0.6 is 0 Å². The quantitative estimate of drug-likeness (QED) is 0.659. The zero-order valence-electron chi connectivity index (χ0n) is 16.0. The Morgan fingerprint density at radius 1 is 1.07 bits per heavy atom. The van der Waals surface area contributed by atoms with E-state index in [1.165, 1.54) is 0 Å². The van der Waals surface area contributed by atoms with E-state index < -0.39 is 12.1 Å². The Bertz CT molecular complexity index is 629. The van der Waals surface area contributed by atoms with Crippen LogP contribution < -0.4 is 16.0 Å². The predicted molar refractivity (Wildman–Crippen MR) is 104 cm³/mol. The third-order valence-electron chi connectivity index (χ3n) is 4.37. The van der Waals surface area contributed by atoms with Crippen molar-refractivity contribution in [3.05, 3.63) is 30.3 Å². The van der Waals surface area contributed by atoms with E-state index in [0.29, 0.717) is 45.0 Å². The number of urea groups is 1. The number of nitrogens with zero attached hydrogens (tertiary/aromatic N) is 2. The minimum Gasteiger partial charge on any atom is -0.355 e. The molecule has 1 atom stereocenters. The number of nitrogens with one attached hydrogen (secondary N) is 3. The van der Waals surface area contributed by atoms with E-state index in [1.807, 2.05) is 30.0 Å². The summed E-state index contributed by atoms with van der Waals surface area (Å²) in [7, 11) is 0. The molecule has 0 bridgehead atoms. The van der Waals surface area contributed by atoms with E-state index >= 15 is 0 Å². The van der Waals surface area contributed by atoms with E-state index in [1.54, 1.807) is 24.0 Å². The molecule has 4 amide bonds. The molecule has 8 nitrogen and oxygen atoms in total. The second-order valence-corrected chi connectivity index (χ2v) is 6.64. The second kappa shape index (κ2) is 10.5. The van der Waals surface area contributed by atoms with Gasteiger partial charge in [-0.1, -0.05) is 25.1 Å². The molecule has 0 radical (unpaired) electrons. The van der Waals surface area contributed by atoms with Crippen molar-refractivity contribution >= 4 is 23.5 Å². The molecular weight excluding hydrogens is 346 g/mol. The molecule has 0 spiro atoms. The Balaban J connectivity index is 1.72. The average Bonchev–Trinajstić information content (AvgIpc) is 2.67. The molecule has 1 fully saturated rings. The van der Waals surface area contributed by atoms with Crippen LogP contribution in [0.1, 0.15) is 20.3 Å². The van der Waals surface area contributed by atoms with Crippen LogP contribution in [0.4, 0.5) is 10.5 Å². The highest BCUT2D eigenvalue weighted by atomic mass is 16.2. The van der Waals surface area contributed by atoms with Crippen LogP contribution in [0.5, 0.6) is 0 Å². The van der Waals surface area contributed by atoms with Gasteiger partial charge in [0.15, 0.2) is 0 Å². The first-order valence-corrected chi connectivity index (χ1v) is 9.40. The van der Waals surface area contributed by atoms with Crippen LogP contribution in [-0.4, -0.2) is 73.0 Å². The molecule has 1 aromatic carbocycles. The number of benzene rings is 1. The molecular formula is C19H29N5O3. The van der Waals surface area contributed by atoms with Crippen LogP contribution in [0.15, 0.2) is 30.3 Å². The van der Waals surface area contributed by atoms with Crippen LogP contribution in [-0.2, 0) is 9.59 Å². The SMILES string of the molecule is CCCNC(=O)CN1CCN(C(=O)[C@@H](C)NC(=O)Nc2ccccc2)CC1. The number of para-hydroxylation sites is 1. The van der Waals surface area contributed by atoms with Crippen molar-refractivity contribution in [3.8, 4) is 0 Å². The molecule has 1 aromatic rings. The van der Waals surface area contributed by atoms with Gasteiger partial charge in [-0.25, -0.2) is 4.79 Å². The van der Waals surface area contributed by atoms with Crippen LogP contribution in [0.2, 0.25) is 0 Å². The van der Waals surface area contributed by atoms with Gasteiger partial charge in [0.2, 0.25) is 11.8 Å². The average molecular weight is 375 g/mol. The Hall–Kier alpha value is -2.61. The Kier molecular flexibility index (Phi) is 8.06. The second-order valence-electron chi connectivity index (χ2n) is 6.64. The lowest BCUT2D eigenvalue weighted by atomic mass is 10.2. The smallest absolute Gasteiger partial charge is 0.319 e. The lowest BCUT2D eigenvalue weighted by Gasteiger charge is -2.35. The lowest BCUT2D eigenvalue weighted by Crippen LogP contribution is -2.55. The van der Waals surface area contributed by atoms with Gasteiger partial charge in [-0.05, 0) is 25.5 Å². The third kappa shape index (κ3) is 6.90. The summed E-state index contributed by atoms with van der Waals surface area (Å²) in [6.07, 6.45) is 0.913. The summed E-state index contributed by atoms with van der Waals surface area (Å²) in [6, 6.07) is 8.05. The number of hydrogen-bond donors (Lipinski definition) is 3. The monoisotopic (exact) mass is 375 g/mol. The largest absolute Gasteiger partial charge is 0.355 e. The summed E-state index contributed by atoms with van der Waals surface area (Å²) in [4.78, 5) is 40.1. The minimum absolute atomic E-state index is 0.0178. The number of hydrogen-bond acceptors (Lipinski definition) is 4. The van der Waals surface area contributed by atoms with Gasteiger partial charge in [-0.3, -0.25) is 14.5 Å². The zero-order valence-corrected chi connectivity index (χ0v) is 16.0. The van der Waals surface area contributed by atoms with Crippen molar-refractivity contribution < 1.29 is 14.4 Å². The van der Waals surface area contributed by atoms with Crippen molar-refractivity contribution in [3.63, 3.8) is 0 Å². The molecule has 1 heterocycles. The minimum atomic E-state index is -0.617. The molecule has 0 aliphatic carbocycles. The zero-order chi connectivity index (χ0) is 19.6. The van der Waals surface area contributed by atoms with E-state index in [-0.39, 0.29) is 11.8 Å². The molecule has 148 valence electrons. The number of piperazine rings is 1. The van der Waals surface area contributed by atoms with Crippen molar-refractivity contribution in [1.29, 1.82) is 0 Å². The Morgan fingerprint density at radius 3 is 2.37 bits per heavy atom. The number of rotatable bonds is 7. The van der Waals surface area contributed by atoms with Gasteiger partial charge < -0.3 is 20.9 Å². The van der Waals surface area contributed by atoms with Gasteiger partial charge in [-0.15, -0.1) is 0 Å². The van der Waals surface area contributed by atoms with Crippen molar-refractivity contribution in [1.82, 2.24) is 20.4 Å². The lowest BCUT2D eigenvalue weighted by molar-refractivity contribution is -0.134. The van der Waals surface area contributed by atoms with Gasteiger partial charge >= 0.3 is 6.03 Å². The van der Waals surface area contributed by atoms with Crippen LogP contribution in [0, 0.1) is 0 Å². The maximum Gasteiger partial charge on any atom is 0.319 e. The number of anilines is 1. The van der Waals surface area contributed by atoms with Gasteiger partial charge in [0.25, 0.3) is 0 Å². The summed E-state index contributed by atoms with van der Waals surface area (Å²) < 4.78 is 0. The highest BCUT2D eigenvalue weighted by molar-refractivity contribution is 5.93. The molecule has 1 aliphatic heterocycles. The molecule has 8 heteroatoms. The molecule has 0 aromatic heterocycles. The maximum atomic E-state index is 12.5. The molecule has 0 unspecified atom stereocenters. The van der Waals surface area contributed by atoms with Crippen molar-refractivity contribution in [2.24, 2.45) is 0 Å². The molecule has 1 saturated heterocycles. The number of amides is 4. The fourth-order valence-corrected chi connectivity index (χ4v) is 2.87. The highest BCUT2D eigenvalue weighted by Gasteiger charge is 2.26. The van der Waals surface area contributed by atoms with Gasteiger partial charge in [-0.2, -0.15) is 0 Å². The summed E-state index contributed by atoms with van der Waals surface area (Å²) in [5.41, 5.74) is 0.671. The predicted octanol–water partition coefficient (Wildman–Crippen LogP) is 0.867. The third-order valence-corrected chi connectivity index (χ3v) is 4.37. The maximum absolute atomic E-state index is 12.5. The van der Waals surface area contributed by atoms with Gasteiger partial charge in [0.05, 0.1) is 6.54 Å². The van der Waals surface area contributed by atoms with E-state index in [4.69, 9.17) is 0 Å². The summed E-state index contributed by atoms with van der Waals surface area (Å²) in [6.45, 7) is 7.12. The van der Waals surface area contributed by atoms with Gasteiger partial charge in [0.1, 0.15) is 6.04 Å². The molecule has 2 rings (SSSR count). The van der Waals surface area contributed by atoms with Crippen molar-refractivity contribution in [2.75, 3.05) is 44.6 Å². The molecule has 1 aliphatic rings. The Morgan fingerprint density at radius 2 is 1.74 bits per heavy atom. The normalized spacial score (nSPS) is 15.7. The standard InChI is InChI=1S/C19H29N5O3/c1-3-9-20-17(25)14-23-10-12-24(13-11-23)18(26)15(2)21-19(27)22-16-7-5-4-6-8-16/h4-8,15H,3,9-14H2,1-2H3,(H,20,25)(H2,21,22,27)/t15-/m1/s1. The van der Waals surface area contributed by atoms with Crippen LogP contribution in [0.25, 0.3) is 0 Å². The fraction of sp³-hybridized carbons (Fsp3) is 0.526. The molecule has 0 saturated carbocycles. The fourth-order valence-electron chi connectivity index (χ4n) is 2.87. The van der Waals surface area contributed by atoms with Crippen LogP contribution in [0.3, 0.4) is 0 Å². The van der Waals surface area contributed by atoms with E-state index in [9.17, 15) is 14.4 Å². The first kappa shape index (κ1) is 20.7. The van der Waals surface area contributed by atoms with E-state index in [0.717, 1.165) is 6.42 Å². The summed E-state index contributed by atoms with van der Waals surface area (Å²) >= 11 is 0. The summed E-state index contributed by atoms with van der Waals surface area (Å²) in [5.74, 6) is -0.0995. The first-order valence-electron chi connectivity index (χ1n) is 9.40. The van der Waals surface area contributed by atoms with Gasteiger partial charge in [0, 0.05) is 38.4 Å². The van der Waals surface area contributed by atoms with Crippen molar-refractivity contribution in [2.45, 2.75) is 26.3 Å². The number of carbonyl (C=O) groups excluding carboxylic acids is 3. The Labute approximate surface area is 160 Å². The molecule has 27 heavy (non-hydrogen) atoms.